The second-order valence-electron chi connectivity index (χ2n) is 3.69. The fraction of sp³-hybridized carbons (Fsp3) is 0.0833. The molecular weight excluding hydrogens is 271 g/mol. The molecule has 0 amide bonds. The van der Waals surface area contributed by atoms with Gasteiger partial charge in [-0.3, -0.25) is 10.2 Å². The standard InChI is InChI=1S/C12H10ClFN4O/c1-18-12(19)11(13)10(7-16-18)17-15-6-8-4-2-3-5-9(8)14/h2-7,17H,1H3/b15-6-. The summed E-state index contributed by atoms with van der Waals surface area (Å²) in [6.45, 7) is 0. The number of hydrogen-bond donors (Lipinski definition) is 1. The van der Waals surface area contributed by atoms with Crippen LogP contribution in [-0.4, -0.2) is 16.0 Å². The highest BCUT2D eigenvalue weighted by molar-refractivity contribution is 6.32. The monoisotopic (exact) mass is 280 g/mol. The van der Waals surface area contributed by atoms with Crippen LogP contribution >= 0.6 is 11.6 Å². The minimum absolute atomic E-state index is 0.0248. The average molecular weight is 281 g/mol. The van der Waals surface area contributed by atoms with Gasteiger partial charge in [0.15, 0.2) is 0 Å². The predicted octanol–water partition coefficient (Wildman–Crippen LogP) is 2.02. The molecule has 1 aromatic heterocycles. The molecule has 0 fully saturated rings. The molecule has 1 aromatic carbocycles. The molecule has 7 heteroatoms. The molecule has 2 rings (SSSR count). The molecule has 0 radical (unpaired) electrons. The van der Waals surface area contributed by atoms with E-state index in [0.29, 0.717) is 5.56 Å². The minimum Gasteiger partial charge on any atom is -0.275 e. The summed E-state index contributed by atoms with van der Waals surface area (Å²) in [7, 11) is 1.49. The third-order valence-corrected chi connectivity index (χ3v) is 2.74. The van der Waals surface area contributed by atoms with Crippen LogP contribution in [0.4, 0.5) is 10.1 Å². The summed E-state index contributed by atoms with van der Waals surface area (Å²) < 4.78 is 14.4. The van der Waals surface area contributed by atoms with Gasteiger partial charge in [0.2, 0.25) is 0 Å². The first-order valence-electron chi connectivity index (χ1n) is 5.35. The summed E-state index contributed by atoms with van der Waals surface area (Å²) in [6.07, 6.45) is 2.66. The molecule has 2 aromatic rings. The molecule has 0 bridgehead atoms. The van der Waals surface area contributed by atoms with Crippen molar-refractivity contribution in [2.24, 2.45) is 12.1 Å². The van der Waals surface area contributed by atoms with Crippen molar-refractivity contribution in [1.29, 1.82) is 0 Å². The second-order valence-corrected chi connectivity index (χ2v) is 4.07. The van der Waals surface area contributed by atoms with E-state index < -0.39 is 5.56 Å². The van der Waals surface area contributed by atoms with Crippen LogP contribution in [0.1, 0.15) is 5.56 Å². The molecule has 0 spiro atoms. The zero-order valence-electron chi connectivity index (χ0n) is 9.97. The molecule has 98 valence electrons. The van der Waals surface area contributed by atoms with Gasteiger partial charge in [-0.15, -0.1) is 0 Å². The van der Waals surface area contributed by atoms with Gasteiger partial charge in [0.05, 0.1) is 12.4 Å². The van der Waals surface area contributed by atoms with E-state index in [4.69, 9.17) is 11.6 Å². The van der Waals surface area contributed by atoms with E-state index in [0.717, 1.165) is 4.68 Å². The lowest BCUT2D eigenvalue weighted by molar-refractivity contribution is 0.626. The Morgan fingerprint density at radius 3 is 2.95 bits per heavy atom. The lowest BCUT2D eigenvalue weighted by atomic mass is 10.2. The number of hydrogen-bond acceptors (Lipinski definition) is 4. The molecule has 1 N–H and O–H groups in total. The number of rotatable bonds is 3. The molecule has 19 heavy (non-hydrogen) atoms. The van der Waals surface area contributed by atoms with Gasteiger partial charge >= 0.3 is 0 Å². The van der Waals surface area contributed by atoms with Gasteiger partial charge in [-0.1, -0.05) is 29.8 Å². The van der Waals surface area contributed by atoms with Crippen LogP contribution in [0.2, 0.25) is 5.02 Å². The van der Waals surface area contributed by atoms with Crippen LogP contribution in [-0.2, 0) is 7.05 Å². The molecule has 0 saturated carbocycles. The van der Waals surface area contributed by atoms with E-state index in [9.17, 15) is 9.18 Å². The number of hydrazone groups is 1. The quantitative estimate of drug-likeness (QED) is 0.691. The highest BCUT2D eigenvalue weighted by Gasteiger charge is 2.05. The van der Waals surface area contributed by atoms with Crippen molar-refractivity contribution in [2.45, 2.75) is 0 Å². The Kier molecular flexibility index (Phi) is 3.91. The van der Waals surface area contributed by atoms with Gasteiger partial charge in [0, 0.05) is 12.6 Å². The number of aromatic nitrogens is 2. The molecule has 0 unspecified atom stereocenters. The molecule has 1 heterocycles. The Hall–Kier alpha value is -2.21. The Morgan fingerprint density at radius 1 is 1.47 bits per heavy atom. The number of nitrogens with zero attached hydrogens (tertiary/aromatic N) is 3. The van der Waals surface area contributed by atoms with Gasteiger partial charge in [-0.2, -0.15) is 10.2 Å². The SMILES string of the molecule is Cn1ncc(N/N=C\c2ccccc2F)c(Cl)c1=O. The third kappa shape index (κ3) is 2.97. The van der Waals surface area contributed by atoms with E-state index in [2.05, 4.69) is 15.6 Å². The predicted molar refractivity (Wildman–Crippen MR) is 72.1 cm³/mol. The van der Waals surface area contributed by atoms with E-state index in [1.807, 2.05) is 0 Å². The summed E-state index contributed by atoms with van der Waals surface area (Å²) in [6, 6.07) is 6.18. The first-order valence-corrected chi connectivity index (χ1v) is 5.73. The zero-order chi connectivity index (χ0) is 13.8. The van der Waals surface area contributed by atoms with Gasteiger partial charge in [-0.05, 0) is 6.07 Å². The van der Waals surface area contributed by atoms with Gasteiger partial charge in [-0.25, -0.2) is 9.07 Å². The summed E-state index contributed by atoms with van der Waals surface area (Å²) in [5.74, 6) is -0.388. The zero-order valence-corrected chi connectivity index (χ0v) is 10.7. The molecule has 5 nitrogen and oxygen atoms in total. The summed E-state index contributed by atoms with van der Waals surface area (Å²) in [5, 5.41) is 7.58. The van der Waals surface area contributed by atoms with E-state index in [1.165, 1.54) is 25.5 Å². The van der Waals surface area contributed by atoms with Crippen LogP contribution in [0.3, 0.4) is 0 Å². The highest BCUT2D eigenvalue weighted by atomic mass is 35.5. The van der Waals surface area contributed by atoms with Gasteiger partial charge in [0.25, 0.3) is 5.56 Å². The van der Waals surface area contributed by atoms with E-state index in [1.54, 1.807) is 18.2 Å². The van der Waals surface area contributed by atoms with Crippen LogP contribution in [0.15, 0.2) is 40.4 Å². The van der Waals surface area contributed by atoms with Crippen molar-refractivity contribution >= 4 is 23.5 Å². The Morgan fingerprint density at radius 2 is 2.21 bits per heavy atom. The second kappa shape index (κ2) is 5.62. The molecule has 0 aliphatic carbocycles. The molecule has 0 aliphatic heterocycles. The van der Waals surface area contributed by atoms with Gasteiger partial charge < -0.3 is 0 Å². The minimum atomic E-state index is -0.437. The summed E-state index contributed by atoms with van der Waals surface area (Å²) in [5.41, 5.74) is 2.70. The van der Waals surface area contributed by atoms with Crippen molar-refractivity contribution in [3.8, 4) is 0 Å². The van der Waals surface area contributed by atoms with Crippen molar-refractivity contribution in [2.75, 3.05) is 5.43 Å². The Labute approximate surface area is 113 Å². The average Bonchev–Trinajstić information content (AvgIpc) is 2.41. The largest absolute Gasteiger partial charge is 0.287 e. The number of benzene rings is 1. The molecule has 0 aliphatic rings. The number of halogens is 2. The number of anilines is 1. The van der Waals surface area contributed by atoms with Crippen LogP contribution in [0.5, 0.6) is 0 Å². The topological polar surface area (TPSA) is 59.3 Å². The fourth-order valence-corrected chi connectivity index (χ4v) is 1.55. The van der Waals surface area contributed by atoms with Gasteiger partial charge in [0.1, 0.15) is 16.5 Å². The van der Waals surface area contributed by atoms with Crippen molar-refractivity contribution in [3.63, 3.8) is 0 Å². The maximum atomic E-state index is 13.3. The van der Waals surface area contributed by atoms with Crippen LogP contribution in [0.25, 0.3) is 0 Å². The van der Waals surface area contributed by atoms with Crippen molar-refractivity contribution < 1.29 is 4.39 Å². The first kappa shape index (κ1) is 13.2. The summed E-state index contributed by atoms with van der Waals surface area (Å²) >= 11 is 5.83. The summed E-state index contributed by atoms with van der Waals surface area (Å²) in [4.78, 5) is 11.5. The Bertz CT molecular complexity index is 684. The van der Waals surface area contributed by atoms with E-state index >= 15 is 0 Å². The molecule has 0 saturated heterocycles. The lowest BCUT2D eigenvalue weighted by Gasteiger charge is -2.03. The number of nitrogens with one attached hydrogen (secondary N) is 1. The molecule has 0 atom stereocenters. The maximum absolute atomic E-state index is 13.3. The van der Waals surface area contributed by atoms with E-state index in [-0.39, 0.29) is 16.5 Å². The van der Waals surface area contributed by atoms with Crippen molar-refractivity contribution in [1.82, 2.24) is 9.78 Å². The third-order valence-electron chi connectivity index (χ3n) is 2.37. The molecular formula is C12H10ClFN4O. The maximum Gasteiger partial charge on any atom is 0.287 e. The Balaban J connectivity index is 2.18. The first-order chi connectivity index (χ1) is 9.09. The lowest BCUT2D eigenvalue weighted by Crippen LogP contribution is -2.20. The fourth-order valence-electron chi connectivity index (χ4n) is 1.34. The van der Waals surface area contributed by atoms with Crippen LogP contribution in [0, 0.1) is 5.82 Å². The number of aryl methyl sites for hydroxylation is 1. The smallest absolute Gasteiger partial charge is 0.275 e. The van der Waals surface area contributed by atoms with Crippen molar-refractivity contribution in [3.05, 3.63) is 57.2 Å². The van der Waals surface area contributed by atoms with Crippen LogP contribution < -0.4 is 11.0 Å². The normalized spacial score (nSPS) is 10.9. The highest BCUT2D eigenvalue weighted by Crippen LogP contribution is 2.14.